The standard InChI is InChI=1S/C12H15Cl2FN2O/c13-8-1-2-9(14)12(15)11(8)10(7-18)17-5-3-16-4-6-17/h1-2,10,16,18H,3-7H2/t10-/m1/s1. The van der Waals surface area contributed by atoms with Crippen LogP contribution in [-0.4, -0.2) is 42.8 Å². The van der Waals surface area contributed by atoms with Gasteiger partial charge in [0, 0.05) is 36.8 Å². The lowest BCUT2D eigenvalue weighted by Crippen LogP contribution is -2.46. The first-order chi connectivity index (χ1) is 8.65. The highest BCUT2D eigenvalue weighted by Crippen LogP contribution is 2.33. The van der Waals surface area contributed by atoms with Gasteiger partial charge in [0.05, 0.1) is 17.7 Å². The molecule has 1 aromatic carbocycles. The Balaban J connectivity index is 2.34. The van der Waals surface area contributed by atoms with Gasteiger partial charge in [0.1, 0.15) is 5.82 Å². The van der Waals surface area contributed by atoms with Crippen molar-refractivity contribution in [1.82, 2.24) is 10.2 Å². The van der Waals surface area contributed by atoms with E-state index in [1.165, 1.54) is 6.07 Å². The molecule has 6 heteroatoms. The van der Waals surface area contributed by atoms with Crippen LogP contribution in [0.4, 0.5) is 4.39 Å². The average Bonchev–Trinajstić information content (AvgIpc) is 2.40. The van der Waals surface area contributed by atoms with Crippen molar-refractivity contribution >= 4 is 23.2 Å². The molecule has 0 aliphatic carbocycles. The van der Waals surface area contributed by atoms with Crippen LogP contribution in [0.2, 0.25) is 10.0 Å². The van der Waals surface area contributed by atoms with E-state index in [0.717, 1.165) is 26.2 Å². The van der Waals surface area contributed by atoms with E-state index < -0.39 is 11.9 Å². The first-order valence-electron chi connectivity index (χ1n) is 5.84. The van der Waals surface area contributed by atoms with Gasteiger partial charge in [-0.3, -0.25) is 4.90 Å². The molecule has 3 nitrogen and oxygen atoms in total. The third-order valence-corrected chi connectivity index (χ3v) is 3.80. The molecule has 0 spiro atoms. The minimum Gasteiger partial charge on any atom is -0.394 e. The van der Waals surface area contributed by atoms with Crippen molar-refractivity contribution in [3.8, 4) is 0 Å². The molecule has 100 valence electrons. The predicted molar refractivity (Wildman–Crippen MR) is 70.7 cm³/mol. The second kappa shape index (κ2) is 6.17. The second-order valence-corrected chi connectivity index (χ2v) is 5.06. The van der Waals surface area contributed by atoms with Crippen molar-refractivity contribution in [1.29, 1.82) is 0 Å². The molecule has 1 atom stereocenters. The predicted octanol–water partition coefficient (Wildman–Crippen LogP) is 2.07. The minimum absolute atomic E-state index is 0.0305. The number of halogens is 3. The molecular formula is C12H15Cl2FN2O. The molecule has 2 rings (SSSR count). The van der Waals surface area contributed by atoms with E-state index in [1.54, 1.807) is 6.07 Å². The van der Waals surface area contributed by atoms with Crippen molar-refractivity contribution in [2.24, 2.45) is 0 Å². The van der Waals surface area contributed by atoms with Crippen LogP contribution in [0.3, 0.4) is 0 Å². The second-order valence-electron chi connectivity index (χ2n) is 4.24. The smallest absolute Gasteiger partial charge is 0.148 e. The van der Waals surface area contributed by atoms with Gasteiger partial charge in [-0.2, -0.15) is 0 Å². The number of hydrogen-bond acceptors (Lipinski definition) is 3. The molecule has 1 aromatic rings. The number of nitrogens with one attached hydrogen (secondary N) is 1. The van der Waals surface area contributed by atoms with Crippen molar-refractivity contribution < 1.29 is 9.50 Å². The topological polar surface area (TPSA) is 35.5 Å². The number of nitrogens with zero attached hydrogens (tertiary/aromatic N) is 1. The molecule has 0 bridgehead atoms. The summed E-state index contributed by atoms with van der Waals surface area (Å²) in [5, 5.41) is 13.1. The maximum atomic E-state index is 14.1. The fourth-order valence-electron chi connectivity index (χ4n) is 2.23. The Morgan fingerprint density at radius 3 is 2.50 bits per heavy atom. The van der Waals surface area contributed by atoms with E-state index in [0.29, 0.717) is 5.02 Å². The van der Waals surface area contributed by atoms with Crippen LogP contribution in [0.15, 0.2) is 12.1 Å². The van der Waals surface area contributed by atoms with Crippen LogP contribution in [0.1, 0.15) is 11.6 Å². The Bertz CT molecular complexity index is 425. The molecule has 0 amide bonds. The van der Waals surface area contributed by atoms with Gasteiger partial charge in [0.25, 0.3) is 0 Å². The summed E-state index contributed by atoms with van der Waals surface area (Å²) in [5.74, 6) is -0.540. The van der Waals surface area contributed by atoms with Gasteiger partial charge in [-0.05, 0) is 12.1 Å². The monoisotopic (exact) mass is 292 g/mol. The van der Waals surface area contributed by atoms with Crippen LogP contribution in [0.25, 0.3) is 0 Å². The molecule has 1 saturated heterocycles. The first-order valence-corrected chi connectivity index (χ1v) is 6.59. The van der Waals surface area contributed by atoms with Gasteiger partial charge in [-0.15, -0.1) is 0 Å². The molecule has 0 aromatic heterocycles. The SMILES string of the molecule is OC[C@H](c1c(Cl)ccc(Cl)c1F)N1CCNCC1. The number of benzene rings is 1. The summed E-state index contributed by atoms with van der Waals surface area (Å²) in [7, 11) is 0. The lowest BCUT2D eigenvalue weighted by Gasteiger charge is -2.34. The summed E-state index contributed by atoms with van der Waals surface area (Å²) in [5.41, 5.74) is 0.286. The summed E-state index contributed by atoms with van der Waals surface area (Å²) in [6.07, 6.45) is 0. The zero-order chi connectivity index (χ0) is 13.1. The van der Waals surface area contributed by atoms with E-state index in [2.05, 4.69) is 5.32 Å². The van der Waals surface area contributed by atoms with Crippen LogP contribution in [0.5, 0.6) is 0 Å². The van der Waals surface area contributed by atoms with E-state index in [-0.39, 0.29) is 17.2 Å². The molecule has 2 N–H and O–H groups in total. The Hall–Kier alpha value is -0.390. The Labute approximate surface area is 115 Å². The van der Waals surface area contributed by atoms with Gasteiger partial charge >= 0.3 is 0 Å². The van der Waals surface area contributed by atoms with Gasteiger partial charge in [0.15, 0.2) is 0 Å². The number of rotatable bonds is 3. The Kier molecular flexibility index (Phi) is 4.81. The molecule has 0 unspecified atom stereocenters. The zero-order valence-corrected chi connectivity index (χ0v) is 11.3. The summed E-state index contributed by atoms with van der Waals surface area (Å²) >= 11 is 11.8. The highest BCUT2D eigenvalue weighted by molar-refractivity contribution is 6.33. The quantitative estimate of drug-likeness (QED) is 0.838. The molecule has 0 radical (unpaired) electrons. The highest BCUT2D eigenvalue weighted by Gasteiger charge is 2.27. The lowest BCUT2D eigenvalue weighted by molar-refractivity contribution is 0.108. The molecule has 18 heavy (non-hydrogen) atoms. The number of piperazine rings is 1. The van der Waals surface area contributed by atoms with E-state index in [9.17, 15) is 9.50 Å². The maximum Gasteiger partial charge on any atom is 0.148 e. The van der Waals surface area contributed by atoms with Gasteiger partial charge < -0.3 is 10.4 Å². The Morgan fingerprint density at radius 2 is 1.89 bits per heavy atom. The van der Waals surface area contributed by atoms with E-state index in [1.807, 2.05) is 4.90 Å². The molecule has 1 aliphatic rings. The van der Waals surface area contributed by atoms with Crippen molar-refractivity contribution in [3.63, 3.8) is 0 Å². The van der Waals surface area contributed by atoms with Crippen LogP contribution in [0, 0.1) is 5.82 Å². The largest absolute Gasteiger partial charge is 0.394 e. The molecule has 1 aliphatic heterocycles. The number of hydrogen-bond donors (Lipinski definition) is 2. The lowest BCUT2D eigenvalue weighted by atomic mass is 10.0. The van der Waals surface area contributed by atoms with Crippen molar-refractivity contribution in [3.05, 3.63) is 33.6 Å². The summed E-state index contributed by atoms with van der Waals surface area (Å²) < 4.78 is 14.1. The zero-order valence-electron chi connectivity index (χ0n) is 9.80. The summed E-state index contributed by atoms with van der Waals surface area (Å²) in [4.78, 5) is 2.01. The van der Waals surface area contributed by atoms with Gasteiger partial charge in [-0.25, -0.2) is 4.39 Å². The summed E-state index contributed by atoms with van der Waals surface area (Å²) in [6, 6.07) is 2.54. The van der Waals surface area contributed by atoms with E-state index >= 15 is 0 Å². The minimum atomic E-state index is -0.540. The van der Waals surface area contributed by atoms with Crippen LogP contribution < -0.4 is 5.32 Å². The first kappa shape index (κ1) is 14.0. The fraction of sp³-hybridized carbons (Fsp3) is 0.500. The van der Waals surface area contributed by atoms with Crippen molar-refractivity contribution in [2.75, 3.05) is 32.8 Å². The van der Waals surface area contributed by atoms with Gasteiger partial charge in [-0.1, -0.05) is 23.2 Å². The molecule has 1 heterocycles. The van der Waals surface area contributed by atoms with Gasteiger partial charge in [0.2, 0.25) is 0 Å². The summed E-state index contributed by atoms with van der Waals surface area (Å²) in [6.45, 7) is 2.94. The van der Waals surface area contributed by atoms with E-state index in [4.69, 9.17) is 23.2 Å². The third kappa shape index (κ3) is 2.78. The number of aliphatic hydroxyl groups is 1. The maximum absolute atomic E-state index is 14.1. The van der Waals surface area contributed by atoms with Crippen molar-refractivity contribution in [2.45, 2.75) is 6.04 Å². The number of aliphatic hydroxyl groups excluding tert-OH is 1. The normalized spacial score (nSPS) is 18.9. The molecular weight excluding hydrogens is 278 g/mol. The third-order valence-electron chi connectivity index (χ3n) is 3.18. The van der Waals surface area contributed by atoms with Crippen LogP contribution in [-0.2, 0) is 0 Å². The molecule has 0 saturated carbocycles. The Morgan fingerprint density at radius 1 is 1.28 bits per heavy atom. The highest BCUT2D eigenvalue weighted by atomic mass is 35.5. The fourth-order valence-corrected chi connectivity index (χ4v) is 2.67. The average molecular weight is 293 g/mol. The van der Waals surface area contributed by atoms with Crippen LogP contribution >= 0.6 is 23.2 Å². The molecule has 1 fully saturated rings.